The Morgan fingerprint density at radius 2 is 2.07 bits per heavy atom. The van der Waals surface area contributed by atoms with Gasteiger partial charge in [-0.1, -0.05) is 0 Å². The molecule has 3 heteroatoms. The highest BCUT2D eigenvalue weighted by molar-refractivity contribution is 5.79. The van der Waals surface area contributed by atoms with Crippen LogP contribution in [0, 0.1) is 6.92 Å². The molecule has 1 fully saturated rings. The number of Topliss-reactive ketones (excluding diaryl/α,β-unsaturated/α-hetero) is 1. The molecule has 0 saturated heterocycles. The third kappa shape index (κ3) is 1.92. The van der Waals surface area contributed by atoms with Gasteiger partial charge < -0.3 is 5.11 Å². The highest BCUT2D eigenvalue weighted by atomic mass is 16.3. The average Bonchev–Trinajstić information content (AvgIpc) is 2.23. The number of nitrogens with zero attached hydrogens (tertiary/aromatic N) is 1. The standard InChI is InChI=1S/C12H15NO2/c1-9-4-7-13-8-11(9)12(15)5-2-10(14)3-6-12/h4,7-8,15H,2-3,5-6H2,1H3. The molecule has 0 radical (unpaired) electrons. The predicted molar refractivity (Wildman–Crippen MR) is 56.3 cm³/mol. The number of pyridine rings is 1. The molecule has 0 spiro atoms. The van der Waals surface area contributed by atoms with Crippen molar-refractivity contribution in [3.63, 3.8) is 0 Å². The van der Waals surface area contributed by atoms with E-state index in [0.717, 1.165) is 11.1 Å². The molecule has 0 bridgehead atoms. The van der Waals surface area contributed by atoms with Crippen LogP contribution < -0.4 is 0 Å². The number of hydrogen-bond donors (Lipinski definition) is 1. The molecule has 0 atom stereocenters. The van der Waals surface area contributed by atoms with Crippen molar-refractivity contribution < 1.29 is 9.90 Å². The van der Waals surface area contributed by atoms with Crippen LogP contribution in [-0.4, -0.2) is 15.9 Å². The minimum atomic E-state index is -0.841. The van der Waals surface area contributed by atoms with Gasteiger partial charge in [-0.3, -0.25) is 9.78 Å². The molecule has 15 heavy (non-hydrogen) atoms. The molecule has 1 aromatic heterocycles. The fourth-order valence-corrected chi connectivity index (χ4v) is 2.16. The first-order valence-electron chi connectivity index (χ1n) is 5.27. The molecule has 1 heterocycles. The highest BCUT2D eigenvalue weighted by Crippen LogP contribution is 2.36. The van der Waals surface area contributed by atoms with Gasteiger partial charge in [0.1, 0.15) is 5.78 Å². The minimum Gasteiger partial charge on any atom is -0.385 e. The van der Waals surface area contributed by atoms with Crippen LogP contribution in [0.3, 0.4) is 0 Å². The lowest BCUT2D eigenvalue weighted by atomic mass is 9.78. The molecule has 0 unspecified atom stereocenters. The van der Waals surface area contributed by atoms with Gasteiger partial charge >= 0.3 is 0 Å². The minimum absolute atomic E-state index is 0.251. The number of hydrogen-bond acceptors (Lipinski definition) is 3. The van der Waals surface area contributed by atoms with Crippen LogP contribution in [0.15, 0.2) is 18.5 Å². The van der Waals surface area contributed by atoms with E-state index < -0.39 is 5.60 Å². The zero-order chi connectivity index (χ0) is 10.9. The molecule has 80 valence electrons. The first-order chi connectivity index (χ1) is 7.12. The summed E-state index contributed by atoms with van der Waals surface area (Å²) in [6, 6.07) is 1.89. The molecular weight excluding hydrogens is 190 g/mol. The molecule has 1 aliphatic rings. The van der Waals surface area contributed by atoms with Crippen molar-refractivity contribution in [1.82, 2.24) is 4.98 Å². The van der Waals surface area contributed by atoms with Gasteiger partial charge in [-0.2, -0.15) is 0 Å². The summed E-state index contributed by atoms with van der Waals surface area (Å²) in [5.74, 6) is 0.251. The van der Waals surface area contributed by atoms with Crippen molar-refractivity contribution in [3.05, 3.63) is 29.6 Å². The van der Waals surface area contributed by atoms with E-state index in [1.54, 1.807) is 12.4 Å². The predicted octanol–water partition coefficient (Wildman–Crippen LogP) is 1.72. The summed E-state index contributed by atoms with van der Waals surface area (Å²) < 4.78 is 0. The summed E-state index contributed by atoms with van der Waals surface area (Å²) in [7, 11) is 0. The van der Waals surface area contributed by atoms with Crippen molar-refractivity contribution in [3.8, 4) is 0 Å². The van der Waals surface area contributed by atoms with Crippen LogP contribution >= 0.6 is 0 Å². The Kier molecular flexibility index (Phi) is 2.57. The maximum atomic E-state index is 11.1. The molecule has 1 N–H and O–H groups in total. The molecule has 1 saturated carbocycles. The first-order valence-corrected chi connectivity index (χ1v) is 5.27. The summed E-state index contributed by atoms with van der Waals surface area (Å²) >= 11 is 0. The van der Waals surface area contributed by atoms with E-state index in [2.05, 4.69) is 4.98 Å². The SMILES string of the molecule is Cc1ccncc1C1(O)CCC(=O)CC1. The second-order valence-electron chi connectivity index (χ2n) is 4.26. The number of rotatable bonds is 1. The van der Waals surface area contributed by atoms with Crippen molar-refractivity contribution in [2.75, 3.05) is 0 Å². The quantitative estimate of drug-likeness (QED) is 0.759. The van der Waals surface area contributed by atoms with Gasteiger partial charge in [0.25, 0.3) is 0 Å². The smallest absolute Gasteiger partial charge is 0.133 e. The third-order valence-electron chi connectivity index (χ3n) is 3.18. The lowest BCUT2D eigenvalue weighted by Gasteiger charge is -2.32. The summed E-state index contributed by atoms with van der Waals surface area (Å²) in [6.45, 7) is 1.96. The zero-order valence-corrected chi connectivity index (χ0v) is 8.86. The van der Waals surface area contributed by atoms with Gasteiger partial charge in [0, 0.05) is 30.8 Å². The Balaban J connectivity index is 2.30. The van der Waals surface area contributed by atoms with Crippen LogP contribution in [-0.2, 0) is 10.4 Å². The number of ketones is 1. The van der Waals surface area contributed by atoms with E-state index in [1.165, 1.54) is 0 Å². The Bertz CT molecular complexity index is 377. The molecule has 3 nitrogen and oxygen atoms in total. The Morgan fingerprint density at radius 1 is 1.40 bits per heavy atom. The fourth-order valence-electron chi connectivity index (χ4n) is 2.16. The van der Waals surface area contributed by atoms with E-state index >= 15 is 0 Å². The van der Waals surface area contributed by atoms with E-state index in [0.29, 0.717) is 25.7 Å². The number of aryl methyl sites for hydroxylation is 1. The van der Waals surface area contributed by atoms with Gasteiger partial charge in [0.05, 0.1) is 5.60 Å². The second kappa shape index (κ2) is 3.74. The molecule has 0 aliphatic heterocycles. The van der Waals surface area contributed by atoms with Crippen molar-refractivity contribution in [2.24, 2.45) is 0 Å². The van der Waals surface area contributed by atoms with Crippen molar-refractivity contribution in [2.45, 2.75) is 38.2 Å². The van der Waals surface area contributed by atoms with Crippen LogP contribution in [0.25, 0.3) is 0 Å². The van der Waals surface area contributed by atoms with Crippen LogP contribution in [0.4, 0.5) is 0 Å². The summed E-state index contributed by atoms with van der Waals surface area (Å²) in [5.41, 5.74) is 1.08. The zero-order valence-electron chi connectivity index (χ0n) is 8.86. The highest BCUT2D eigenvalue weighted by Gasteiger charge is 2.35. The molecule has 0 amide bonds. The fraction of sp³-hybridized carbons (Fsp3) is 0.500. The number of carbonyl (C=O) groups excluding carboxylic acids is 1. The Labute approximate surface area is 89.2 Å². The second-order valence-corrected chi connectivity index (χ2v) is 4.26. The molecule has 1 aromatic rings. The summed E-state index contributed by atoms with van der Waals surface area (Å²) in [4.78, 5) is 15.2. The van der Waals surface area contributed by atoms with E-state index in [-0.39, 0.29) is 5.78 Å². The molecular formula is C12H15NO2. The van der Waals surface area contributed by atoms with E-state index in [4.69, 9.17) is 0 Å². The number of carbonyl (C=O) groups is 1. The maximum Gasteiger partial charge on any atom is 0.133 e. The lowest BCUT2D eigenvalue weighted by molar-refractivity contribution is -0.125. The van der Waals surface area contributed by atoms with Gasteiger partial charge in [-0.05, 0) is 31.4 Å². The van der Waals surface area contributed by atoms with Gasteiger partial charge in [-0.25, -0.2) is 0 Å². The first kappa shape index (κ1) is 10.3. The molecule has 1 aliphatic carbocycles. The van der Waals surface area contributed by atoms with Crippen molar-refractivity contribution in [1.29, 1.82) is 0 Å². The third-order valence-corrected chi connectivity index (χ3v) is 3.18. The van der Waals surface area contributed by atoms with Crippen molar-refractivity contribution >= 4 is 5.78 Å². The monoisotopic (exact) mass is 205 g/mol. The average molecular weight is 205 g/mol. The Morgan fingerprint density at radius 3 is 2.67 bits per heavy atom. The van der Waals surface area contributed by atoms with Gasteiger partial charge in [0.2, 0.25) is 0 Å². The number of aromatic nitrogens is 1. The summed E-state index contributed by atoms with van der Waals surface area (Å²) in [6.07, 6.45) is 5.44. The van der Waals surface area contributed by atoms with Crippen LogP contribution in [0.2, 0.25) is 0 Å². The topological polar surface area (TPSA) is 50.2 Å². The van der Waals surface area contributed by atoms with Crippen LogP contribution in [0.1, 0.15) is 36.8 Å². The Hall–Kier alpha value is -1.22. The largest absolute Gasteiger partial charge is 0.385 e. The van der Waals surface area contributed by atoms with E-state index in [1.807, 2.05) is 13.0 Å². The normalized spacial score (nSPS) is 20.3. The van der Waals surface area contributed by atoms with Crippen LogP contribution in [0.5, 0.6) is 0 Å². The number of aliphatic hydroxyl groups is 1. The molecule has 0 aromatic carbocycles. The lowest BCUT2D eigenvalue weighted by Crippen LogP contribution is -2.32. The molecule has 2 rings (SSSR count). The van der Waals surface area contributed by atoms with E-state index in [9.17, 15) is 9.90 Å². The maximum absolute atomic E-state index is 11.1. The van der Waals surface area contributed by atoms with Gasteiger partial charge in [0.15, 0.2) is 0 Å². The summed E-state index contributed by atoms with van der Waals surface area (Å²) in [5, 5.41) is 10.4. The van der Waals surface area contributed by atoms with Gasteiger partial charge in [-0.15, -0.1) is 0 Å².